The monoisotopic (exact) mass is 267 g/mol. The SMILES string of the molecule is NCC(c1ccccc1)C(O)c1ccc2c(c1)CCC2. The zero-order valence-electron chi connectivity index (χ0n) is 11.6. The Balaban J connectivity index is 1.89. The van der Waals surface area contributed by atoms with Crippen molar-refractivity contribution in [3.8, 4) is 0 Å². The van der Waals surface area contributed by atoms with Gasteiger partial charge in [0.15, 0.2) is 0 Å². The Morgan fingerprint density at radius 2 is 1.70 bits per heavy atom. The Labute approximate surface area is 120 Å². The number of hydrogen-bond donors (Lipinski definition) is 2. The van der Waals surface area contributed by atoms with E-state index in [1.165, 1.54) is 24.0 Å². The van der Waals surface area contributed by atoms with Gasteiger partial charge in [0.05, 0.1) is 6.10 Å². The summed E-state index contributed by atoms with van der Waals surface area (Å²) in [5.74, 6) is -0.0457. The number of aryl methyl sites for hydroxylation is 2. The summed E-state index contributed by atoms with van der Waals surface area (Å²) in [7, 11) is 0. The summed E-state index contributed by atoms with van der Waals surface area (Å²) in [5.41, 5.74) is 10.8. The van der Waals surface area contributed by atoms with Crippen molar-refractivity contribution in [2.75, 3.05) is 6.54 Å². The van der Waals surface area contributed by atoms with Crippen LogP contribution in [-0.4, -0.2) is 11.7 Å². The number of aliphatic hydroxyl groups is 1. The zero-order valence-corrected chi connectivity index (χ0v) is 11.6. The lowest BCUT2D eigenvalue weighted by molar-refractivity contribution is 0.147. The molecule has 0 aromatic heterocycles. The van der Waals surface area contributed by atoms with Crippen molar-refractivity contribution in [2.45, 2.75) is 31.3 Å². The standard InChI is InChI=1S/C18H21NO/c19-12-17(14-5-2-1-3-6-14)18(20)16-10-9-13-7-4-8-15(13)11-16/h1-3,5-6,9-11,17-18,20H,4,7-8,12,19H2. The van der Waals surface area contributed by atoms with Crippen LogP contribution in [0.4, 0.5) is 0 Å². The quantitative estimate of drug-likeness (QED) is 0.894. The summed E-state index contributed by atoms with van der Waals surface area (Å²) in [6, 6.07) is 16.4. The second-order valence-corrected chi connectivity index (χ2v) is 5.58. The summed E-state index contributed by atoms with van der Waals surface area (Å²) in [4.78, 5) is 0. The number of rotatable bonds is 4. The van der Waals surface area contributed by atoms with Gasteiger partial charge in [-0.05, 0) is 41.5 Å². The molecule has 1 aliphatic carbocycles. The lowest BCUT2D eigenvalue weighted by atomic mass is 9.88. The van der Waals surface area contributed by atoms with Crippen LogP contribution in [0.5, 0.6) is 0 Å². The zero-order chi connectivity index (χ0) is 13.9. The van der Waals surface area contributed by atoms with Crippen molar-refractivity contribution in [2.24, 2.45) is 5.73 Å². The number of benzene rings is 2. The first kappa shape index (κ1) is 13.3. The van der Waals surface area contributed by atoms with E-state index in [0.717, 1.165) is 17.5 Å². The fourth-order valence-corrected chi connectivity index (χ4v) is 3.16. The maximum Gasteiger partial charge on any atom is 0.0870 e. The number of nitrogens with two attached hydrogens (primary N) is 1. The van der Waals surface area contributed by atoms with Crippen LogP contribution < -0.4 is 5.73 Å². The van der Waals surface area contributed by atoms with Gasteiger partial charge in [-0.3, -0.25) is 0 Å². The third-order valence-electron chi connectivity index (χ3n) is 4.33. The van der Waals surface area contributed by atoms with Crippen molar-refractivity contribution in [3.05, 3.63) is 70.8 Å². The van der Waals surface area contributed by atoms with E-state index in [1.807, 2.05) is 30.3 Å². The second kappa shape index (κ2) is 5.78. The van der Waals surface area contributed by atoms with E-state index in [-0.39, 0.29) is 5.92 Å². The maximum absolute atomic E-state index is 10.7. The van der Waals surface area contributed by atoms with Gasteiger partial charge in [-0.2, -0.15) is 0 Å². The van der Waals surface area contributed by atoms with Gasteiger partial charge in [-0.25, -0.2) is 0 Å². The summed E-state index contributed by atoms with van der Waals surface area (Å²) in [5, 5.41) is 10.7. The molecule has 0 amide bonds. The smallest absolute Gasteiger partial charge is 0.0870 e. The normalized spacial score (nSPS) is 16.7. The molecule has 1 aliphatic rings. The predicted octanol–water partition coefficient (Wildman–Crippen LogP) is 2.95. The van der Waals surface area contributed by atoms with Gasteiger partial charge in [-0.15, -0.1) is 0 Å². The summed E-state index contributed by atoms with van der Waals surface area (Å²) in [6.07, 6.45) is 3.00. The lowest BCUT2D eigenvalue weighted by Crippen LogP contribution is -2.20. The molecule has 0 aliphatic heterocycles. The maximum atomic E-state index is 10.7. The molecule has 20 heavy (non-hydrogen) atoms. The Bertz CT molecular complexity index is 579. The molecule has 104 valence electrons. The van der Waals surface area contributed by atoms with Crippen LogP contribution in [0, 0.1) is 0 Å². The van der Waals surface area contributed by atoms with Gasteiger partial charge in [0, 0.05) is 12.5 Å². The van der Waals surface area contributed by atoms with E-state index in [9.17, 15) is 5.11 Å². The summed E-state index contributed by atoms with van der Waals surface area (Å²) >= 11 is 0. The Kier molecular flexibility index (Phi) is 3.86. The van der Waals surface area contributed by atoms with E-state index < -0.39 is 6.10 Å². The highest BCUT2D eigenvalue weighted by Crippen LogP contribution is 2.32. The fraction of sp³-hybridized carbons (Fsp3) is 0.333. The highest BCUT2D eigenvalue weighted by Gasteiger charge is 2.22. The van der Waals surface area contributed by atoms with Crippen LogP contribution in [0.3, 0.4) is 0 Å². The van der Waals surface area contributed by atoms with Gasteiger partial charge in [0.2, 0.25) is 0 Å². The highest BCUT2D eigenvalue weighted by atomic mass is 16.3. The van der Waals surface area contributed by atoms with Crippen molar-refractivity contribution < 1.29 is 5.11 Å². The number of fused-ring (bicyclic) bond motifs is 1. The molecule has 2 nitrogen and oxygen atoms in total. The molecular formula is C18H21NO. The molecule has 2 atom stereocenters. The molecule has 0 saturated heterocycles. The van der Waals surface area contributed by atoms with E-state index in [1.54, 1.807) is 0 Å². The van der Waals surface area contributed by atoms with E-state index in [0.29, 0.717) is 6.54 Å². The Hall–Kier alpha value is -1.64. The van der Waals surface area contributed by atoms with Crippen LogP contribution >= 0.6 is 0 Å². The molecule has 2 heteroatoms. The molecule has 0 saturated carbocycles. The summed E-state index contributed by atoms with van der Waals surface area (Å²) < 4.78 is 0. The second-order valence-electron chi connectivity index (χ2n) is 5.58. The first-order chi connectivity index (χ1) is 9.79. The van der Waals surface area contributed by atoms with Crippen LogP contribution in [0.2, 0.25) is 0 Å². The molecule has 0 spiro atoms. The number of hydrogen-bond acceptors (Lipinski definition) is 2. The van der Waals surface area contributed by atoms with Crippen LogP contribution in [0.25, 0.3) is 0 Å². The molecule has 0 radical (unpaired) electrons. The first-order valence-electron chi connectivity index (χ1n) is 7.34. The van der Waals surface area contributed by atoms with Gasteiger partial charge in [0.1, 0.15) is 0 Å². The molecule has 2 aromatic carbocycles. The van der Waals surface area contributed by atoms with Gasteiger partial charge < -0.3 is 10.8 Å². The van der Waals surface area contributed by atoms with Crippen LogP contribution in [-0.2, 0) is 12.8 Å². The molecule has 0 heterocycles. The average molecular weight is 267 g/mol. The lowest BCUT2D eigenvalue weighted by Gasteiger charge is -2.23. The minimum Gasteiger partial charge on any atom is -0.388 e. The molecule has 0 fully saturated rings. The largest absolute Gasteiger partial charge is 0.388 e. The van der Waals surface area contributed by atoms with E-state index in [2.05, 4.69) is 18.2 Å². The van der Waals surface area contributed by atoms with E-state index in [4.69, 9.17) is 5.73 Å². The molecule has 3 rings (SSSR count). The first-order valence-corrected chi connectivity index (χ1v) is 7.34. The average Bonchev–Trinajstić information content (AvgIpc) is 2.96. The molecule has 2 unspecified atom stereocenters. The van der Waals surface area contributed by atoms with Crippen LogP contribution in [0.15, 0.2) is 48.5 Å². The molecule has 2 aromatic rings. The Morgan fingerprint density at radius 3 is 2.45 bits per heavy atom. The van der Waals surface area contributed by atoms with Gasteiger partial charge in [0.25, 0.3) is 0 Å². The van der Waals surface area contributed by atoms with Crippen molar-refractivity contribution in [1.82, 2.24) is 0 Å². The predicted molar refractivity (Wildman–Crippen MR) is 81.7 cm³/mol. The van der Waals surface area contributed by atoms with Crippen molar-refractivity contribution in [3.63, 3.8) is 0 Å². The topological polar surface area (TPSA) is 46.2 Å². The molecule has 3 N–H and O–H groups in total. The fourth-order valence-electron chi connectivity index (χ4n) is 3.16. The van der Waals surface area contributed by atoms with Gasteiger partial charge >= 0.3 is 0 Å². The third kappa shape index (κ3) is 2.49. The number of aliphatic hydroxyl groups excluding tert-OH is 1. The highest BCUT2D eigenvalue weighted by molar-refractivity contribution is 5.37. The Morgan fingerprint density at radius 1 is 0.950 bits per heavy atom. The van der Waals surface area contributed by atoms with Crippen molar-refractivity contribution >= 4 is 0 Å². The van der Waals surface area contributed by atoms with Gasteiger partial charge in [-0.1, -0.05) is 48.5 Å². The molecular weight excluding hydrogens is 246 g/mol. The minimum atomic E-state index is -0.534. The van der Waals surface area contributed by atoms with Crippen LogP contribution in [0.1, 0.15) is 40.7 Å². The van der Waals surface area contributed by atoms with Crippen molar-refractivity contribution in [1.29, 1.82) is 0 Å². The third-order valence-corrected chi connectivity index (χ3v) is 4.33. The minimum absolute atomic E-state index is 0.0457. The molecule has 0 bridgehead atoms. The summed E-state index contributed by atoms with van der Waals surface area (Å²) in [6.45, 7) is 0.447. The van der Waals surface area contributed by atoms with E-state index >= 15 is 0 Å².